The quantitative estimate of drug-likeness (QED) is 0.460. The Morgan fingerprint density at radius 2 is 1.86 bits per heavy atom. The van der Waals surface area contributed by atoms with Gasteiger partial charge in [-0.15, -0.1) is 0 Å². The first-order valence-corrected chi connectivity index (χ1v) is 11.7. The number of pyridine rings is 1. The molecule has 0 saturated carbocycles. The molecule has 182 valence electrons. The van der Waals surface area contributed by atoms with Crippen molar-refractivity contribution in [2.45, 2.75) is 32.6 Å². The molecule has 9 heteroatoms. The fourth-order valence-electron chi connectivity index (χ4n) is 4.21. The number of urea groups is 1. The number of hydrogen-bond donors (Lipinski definition) is 2. The minimum Gasteiger partial charge on any atom is -0.438 e. The summed E-state index contributed by atoms with van der Waals surface area (Å²) in [4.78, 5) is 31.0. The predicted octanol–water partition coefficient (Wildman–Crippen LogP) is 5.88. The lowest BCUT2D eigenvalue weighted by atomic mass is 9.89. The van der Waals surface area contributed by atoms with E-state index in [2.05, 4.69) is 26.6 Å². The first-order valence-electron chi connectivity index (χ1n) is 11.3. The molecule has 0 aliphatic heterocycles. The van der Waals surface area contributed by atoms with Crippen molar-refractivity contribution in [2.75, 3.05) is 24.3 Å². The number of ether oxygens (including phenoxy) is 1. The van der Waals surface area contributed by atoms with Crippen molar-refractivity contribution in [1.29, 1.82) is 0 Å². The first kappa shape index (κ1) is 24.5. The molecule has 0 spiro atoms. The van der Waals surface area contributed by atoms with Crippen molar-refractivity contribution in [3.63, 3.8) is 0 Å². The molecular weight excluding hydrogens is 471 g/mol. The van der Waals surface area contributed by atoms with Gasteiger partial charge in [-0.05, 0) is 68.5 Å². The molecule has 0 fully saturated rings. The first-order chi connectivity index (χ1) is 16.7. The smallest absolute Gasteiger partial charge is 0.326 e. The van der Waals surface area contributed by atoms with Gasteiger partial charge in [0.05, 0.1) is 22.5 Å². The number of aryl methyl sites for hydroxylation is 1. The Morgan fingerprint density at radius 1 is 1.11 bits per heavy atom. The van der Waals surface area contributed by atoms with Gasteiger partial charge in [-0.25, -0.2) is 14.2 Å². The molecule has 3 aromatic rings. The van der Waals surface area contributed by atoms with Crippen LogP contribution in [0.2, 0.25) is 5.02 Å². The number of fused-ring (bicyclic) bond motifs is 1. The van der Waals surface area contributed by atoms with Crippen molar-refractivity contribution >= 4 is 34.9 Å². The summed E-state index contributed by atoms with van der Waals surface area (Å²) in [5.41, 5.74) is 4.37. The van der Waals surface area contributed by atoms with Crippen LogP contribution in [0, 0.1) is 12.7 Å². The number of hydrogen-bond acceptors (Lipinski definition) is 5. The fourth-order valence-corrected chi connectivity index (χ4v) is 4.46. The van der Waals surface area contributed by atoms with Crippen molar-refractivity contribution in [2.24, 2.45) is 0 Å². The molecule has 1 aliphatic rings. The lowest BCUT2D eigenvalue weighted by molar-refractivity contribution is 0.0963. The molecule has 0 saturated heterocycles. The van der Waals surface area contributed by atoms with Gasteiger partial charge >= 0.3 is 6.03 Å². The highest BCUT2D eigenvalue weighted by Gasteiger charge is 2.21. The summed E-state index contributed by atoms with van der Waals surface area (Å²) < 4.78 is 20.1. The van der Waals surface area contributed by atoms with E-state index in [9.17, 15) is 14.0 Å². The highest BCUT2D eigenvalue weighted by atomic mass is 35.5. The molecule has 7 nitrogen and oxygen atoms in total. The van der Waals surface area contributed by atoms with Gasteiger partial charge in [0.25, 0.3) is 5.91 Å². The zero-order valence-corrected chi connectivity index (χ0v) is 20.5. The maximum Gasteiger partial charge on any atom is 0.326 e. The number of imide groups is 1. The third-order valence-electron chi connectivity index (χ3n) is 5.86. The SMILES string of the molecule is Cc1cc(NC(=O)NC(=O)c2c(F)cccc2Cl)cnc1Oc1ccc(N(C)C)c2c1CCCC2. The lowest BCUT2D eigenvalue weighted by Gasteiger charge is -2.26. The number of benzene rings is 2. The van der Waals surface area contributed by atoms with E-state index < -0.39 is 23.3 Å². The van der Waals surface area contributed by atoms with E-state index in [0.29, 0.717) is 17.1 Å². The standard InChI is InChI=1S/C26H26ClFN4O3/c1-15-13-16(30-26(34)31-24(33)23-19(27)9-6-10-20(23)28)14-29-25(15)35-22-12-11-21(32(2)3)17-7-4-5-8-18(17)22/h6,9-14H,4-5,7-8H2,1-3H3,(H2,30,31,33,34). The van der Waals surface area contributed by atoms with E-state index in [-0.39, 0.29) is 5.02 Å². The van der Waals surface area contributed by atoms with Crippen LogP contribution in [0.5, 0.6) is 11.6 Å². The van der Waals surface area contributed by atoms with E-state index in [1.165, 1.54) is 35.1 Å². The summed E-state index contributed by atoms with van der Waals surface area (Å²) >= 11 is 5.88. The number of carbonyl (C=O) groups excluding carboxylic acids is 2. The molecule has 35 heavy (non-hydrogen) atoms. The molecule has 0 radical (unpaired) electrons. The van der Waals surface area contributed by atoms with Crippen LogP contribution in [0.25, 0.3) is 0 Å². The van der Waals surface area contributed by atoms with Gasteiger partial charge < -0.3 is 15.0 Å². The minimum absolute atomic E-state index is 0.0879. The van der Waals surface area contributed by atoms with Gasteiger partial charge in [-0.2, -0.15) is 0 Å². The highest BCUT2D eigenvalue weighted by molar-refractivity contribution is 6.34. The Labute approximate surface area is 208 Å². The number of amides is 3. The topological polar surface area (TPSA) is 83.6 Å². The van der Waals surface area contributed by atoms with Gasteiger partial charge in [0, 0.05) is 30.9 Å². The molecule has 3 amide bonds. The van der Waals surface area contributed by atoms with Crippen LogP contribution in [0.3, 0.4) is 0 Å². The summed E-state index contributed by atoms with van der Waals surface area (Å²) in [6.07, 6.45) is 5.67. The molecule has 0 unspecified atom stereocenters. The van der Waals surface area contributed by atoms with Crippen LogP contribution in [-0.2, 0) is 12.8 Å². The Morgan fingerprint density at radius 3 is 2.54 bits per heavy atom. The number of carbonyl (C=O) groups is 2. The van der Waals surface area contributed by atoms with Crippen molar-refractivity contribution < 1.29 is 18.7 Å². The number of anilines is 2. The summed E-state index contributed by atoms with van der Waals surface area (Å²) in [6, 6.07) is 8.72. The van der Waals surface area contributed by atoms with Crippen LogP contribution in [0.4, 0.5) is 20.6 Å². The number of halogens is 2. The van der Waals surface area contributed by atoms with E-state index >= 15 is 0 Å². The number of nitrogens with one attached hydrogen (secondary N) is 2. The van der Waals surface area contributed by atoms with E-state index in [0.717, 1.165) is 37.5 Å². The van der Waals surface area contributed by atoms with Gasteiger partial charge in [0.1, 0.15) is 11.6 Å². The summed E-state index contributed by atoms with van der Waals surface area (Å²) in [5.74, 6) is -0.550. The molecule has 2 aromatic carbocycles. The average molecular weight is 497 g/mol. The van der Waals surface area contributed by atoms with Crippen LogP contribution < -0.4 is 20.3 Å². The highest BCUT2D eigenvalue weighted by Crippen LogP contribution is 2.38. The number of aromatic nitrogens is 1. The van der Waals surface area contributed by atoms with Gasteiger partial charge in [0.2, 0.25) is 5.88 Å². The normalized spacial score (nSPS) is 12.5. The number of rotatable bonds is 5. The molecule has 4 rings (SSSR count). The third kappa shape index (κ3) is 5.38. The Kier molecular flexibility index (Phi) is 7.21. The molecule has 0 bridgehead atoms. The van der Waals surface area contributed by atoms with E-state index in [1.54, 1.807) is 6.07 Å². The Balaban J connectivity index is 1.47. The van der Waals surface area contributed by atoms with E-state index in [1.807, 2.05) is 27.1 Å². The van der Waals surface area contributed by atoms with Crippen LogP contribution in [0.15, 0.2) is 42.6 Å². The molecule has 0 atom stereocenters. The average Bonchev–Trinajstić information content (AvgIpc) is 2.80. The molecular formula is C26H26ClFN4O3. The van der Waals surface area contributed by atoms with Gasteiger partial charge in [0.15, 0.2) is 0 Å². The Hall–Kier alpha value is -3.65. The molecule has 2 N–H and O–H groups in total. The predicted molar refractivity (Wildman–Crippen MR) is 134 cm³/mol. The zero-order chi connectivity index (χ0) is 25.1. The Bertz CT molecular complexity index is 1280. The largest absolute Gasteiger partial charge is 0.438 e. The summed E-state index contributed by atoms with van der Waals surface area (Å²) in [6.45, 7) is 1.82. The van der Waals surface area contributed by atoms with Crippen molar-refractivity contribution in [1.82, 2.24) is 10.3 Å². The molecule has 1 aromatic heterocycles. The number of nitrogens with zero attached hydrogens (tertiary/aromatic N) is 2. The van der Waals surface area contributed by atoms with Gasteiger partial charge in [-0.1, -0.05) is 17.7 Å². The van der Waals surface area contributed by atoms with Crippen LogP contribution in [0.1, 0.15) is 39.9 Å². The second kappa shape index (κ2) is 10.3. The van der Waals surface area contributed by atoms with E-state index in [4.69, 9.17) is 16.3 Å². The second-order valence-corrected chi connectivity index (χ2v) is 9.00. The maximum atomic E-state index is 13.9. The molecule has 1 aliphatic carbocycles. The van der Waals surface area contributed by atoms with Gasteiger partial charge in [-0.3, -0.25) is 10.1 Å². The van der Waals surface area contributed by atoms with Crippen LogP contribution in [-0.4, -0.2) is 31.0 Å². The zero-order valence-electron chi connectivity index (χ0n) is 19.7. The summed E-state index contributed by atoms with van der Waals surface area (Å²) in [5, 5.41) is 4.51. The van der Waals surface area contributed by atoms with Crippen molar-refractivity contribution in [3.8, 4) is 11.6 Å². The van der Waals surface area contributed by atoms with Crippen LogP contribution >= 0.6 is 11.6 Å². The summed E-state index contributed by atoms with van der Waals surface area (Å²) in [7, 11) is 4.08. The molecule has 1 heterocycles. The lowest BCUT2D eigenvalue weighted by Crippen LogP contribution is -2.35. The monoisotopic (exact) mass is 496 g/mol. The third-order valence-corrected chi connectivity index (χ3v) is 6.18. The minimum atomic E-state index is -0.943. The fraction of sp³-hybridized carbons (Fsp3) is 0.269. The maximum absolute atomic E-state index is 13.9. The van der Waals surface area contributed by atoms with Crippen molar-refractivity contribution in [3.05, 3.63) is 75.7 Å². The second-order valence-electron chi connectivity index (χ2n) is 8.59.